The van der Waals surface area contributed by atoms with Crippen LogP contribution in [-0.2, 0) is 4.79 Å². The number of hydrogen-bond donors (Lipinski definition) is 2. The Morgan fingerprint density at radius 1 is 1.50 bits per heavy atom. The van der Waals surface area contributed by atoms with Crippen LogP contribution in [0.1, 0.15) is 26.7 Å². The second kappa shape index (κ2) is 6.21. The molecular weight excluding hydrogens is 202 g/mol. The van der Waals surface area contributed by atoms with Gasteiger partial charge in [-0.15, -0.1) is 0 Å². The van der Waals surface area contributed by atoms with Gasteiger partial charge in [0, 0.05) is 19.1 Å². The maximum Gasteiger partial charge on any atom is 0.234 e. The zero-order chi connectivity index (χ0) is 12.1. The Kier molecular flexibility index (Phi) is 5.22. The van der Waals surface area contributed by atoms with E-state index < -0.39 is 0 Å². The first-order valence-electron chi connectivity index (χ1n) is 6.21. The van der Waals surface area contributed by atoms with Crippen LogP contribution in [0.5, 0.6) is 0 Å². The normalized spacial score (nSPS) is 17.9. The minimum Gasteiger partial charge on any atom is -0.355 e. The summed E-state index contributed by atoms with van der Waals surface area (Å²) in [6.07, 6.45) is 2.53. The fourth-order valence-electron chi connectivity index (χ4n) is 1.93. The van der Waals surface area contributed by atoms with Gasteiger partial charge in [-0.25, -0.2) is 0 Å². The zero-order valence-corrected chi connectivity index (χ0v) is 10.7. The fraction of sp³-hybridized carbons (Fsp3) is 0.917. The highest BCUT2D eigenvalue weighted by Crippen LogP contribution is 2.34. The first-order chi connectivity index (χ1) is 7.54. The van der Waals surface area contributed by atoms with Gasteiger partial charge in [-0.1, -0.05) is 13.8 Å². The smallest absolute Gasteiger partial charge is 0.234 e. The molecule has 1 unspecified atom stereocenters. The summed E-state index contributed by atoms with van der Waals surface area (Å²) in [6, 6.07) is 0.379. The number of likely N-dealkylation sites (N-methyl/N-ethyl adjacent to an activating group) is 1. The number of rotatable bonds is 7. The molecule has 1 aliphatic carbocycles. The van der Waals surface area contributed by atoms with Crippen molar-refractivity contribution in [3.05, 3.63) is 0 Å². The van der Waals surface area contributed by atoms with E-state index in [0.717, 1.165) is 6.54 Å². The standard InChI is InChI=1S/C12H25N3O/c1-9(2)7-14-12(16)8-15(3)11(6-13)10-4-5-10/h9-11H,4-8,13H2,1-3H3,(H,14,16). The van der Waals surface area contributed by atoms with Gasteiger partial charge >= 0.3 is 0 Å². The second-order valence-electron chi connectivity index (χ2n) is 5.25. The number of carbonyl (C=O) groups is 1. The number of nitrogens with one attached hydrogen (secondary N) is 1. The van der Waals surface area contributed by atoms with Crippen molar-refractivity contribution in [1.29, 1.82) is 0 Å². The highest BCUT2D eigenvalue weighted by molar-refractivity contribution is 5.78. The number of amides is 1. The first-order valence-corrected chi connectivity index (χ1v) is 6.21. The molecule has 0 radical (unpaired) electrons. The van der Waals surface area contributed by atoms with Crippen LogP contribution in [-0.4, -0.2) is 43.5 Å². The summed E-state index contributed by atoms with van der Waals surface area (Å²) < 4.78 is 0. The first kappa shape index (κ1) is 13.5. The summed E-state index contributed by atoms with van der Waals surface area (Å²) in [5.74, 6) is 1.33. The number of nitrogens with two attached hydrogens (primary N) is 1. The van der Waals surface area contributed by atoms with Gasteiger partial charge in [0.1, 0.15) is 0 Å². The monoisotopic (exact) mass is 227 g/mol. The molecule has 0 bridgehead atoms. The van der Waals surface area contributed by atoms with Crippen LogP contribution in [0.15, 0.2) is 0 Å². The molecule has 1 fully saturated rings. The molecule has 1 aliphatic rings. The van der Waals surface area contributed by atoms with E-state index in [1.165, 1.54) is 12.8 Å². The molecule has 0 aromatic carbocycles. The van der Waals surface area contributed by atoms with Crippen molar-refractivity contribution in [2.45, 2.75) is 32.7 Å². The van der Waals surface area contributed by atoms with Gasteiger partial charge in [0.2, 0.25) is 5.91 Å². The number of hydrogen-bond acceptors (Lipinski definition) is 3. The SMILES string of the molecule is CC(C)CNC(=O)CN(C)C(CN)C1CC1. The molecule has 0 aromatic rings. The Morgan fingerprint density at radius 2 is 2.12 bits per heavy atom. The molecule has 0 aliphatic heterocycles. The third-order valence-corrected chi connectivity index (χ3v) is 3.07. The lowest BCUT2D eigenvalue weighted by Crippen LogP contribution is -2.45. The van der Waals surface area contributed by atoms with Crippen molar-refractivity contribution in [2.75, 3.05) is 26.7 Å². The topological polar surface area (TPSA) is 58.4 Å². The maximum absolute atomic E-state index is 11.6. The highest BCUT2D eigenvalue weighted by atomic mass is 16.2. The molecule has 94 valence electrons. The minimum absolute atomic E-state index is 0.107. The largest absolute Gasteiger partial charge is 0.355 e. The van der Waals surface area contributed by atoms with E-state index in [9.17, 15) is 4.79 Å². The Hall–Kier alpha value is -0.610. The van der Waals surface area contributed by atoms with Crippen LogP contribution in [0.3, 0.4) is 0 Å². The van der Waals surface area contributed by atoms with Crippen LogP contribution in [0.25, 0.3) is 0 Å². The van der Waals surface area contributed by atoms with Gasteiger partial charge in [-0.05, 0) is 31.7 Å². The lowest BCUT2D eigenvalue weighted by Gasteiger charge is -2.26. The van der Waals surface area contributed by atoms with Crippen molar-refractivity contribution >= 4 is 5.91 Å². The van der Waals surface area contributed by atoms with Crippen LogP contribution >= 0.6 is 0 Å². The second-order valence-corrected chi connectivity index (χ2v) is 5.25. The number of nitrogens with zero attached hydrogens (tertiary/aromatic N) is 1. The van der Waals surface area contributed by atoms with E-state index in [0.29, 0.717) is 31.0 Å². The quantitative estimate of drug-likeness (QED) is 0.663. The van der Waals surface area contributed by atoms with Crippen molar-refractivity contribution < 1.29 is 4.79 Å². The third kappa shape index (κ3) is 4.49. The average Bonchev–Trinajstić information content (AvgIpc) is 3.00. The minimum atomic E-state index is 0.107. The Labute approximate surface area is 98.6 Å². The predicted molar refractivity (Wildman–Crippen MR) is 66.0 cm³/mol. The van der Waals surface area contributed by atoms with E-state index in [-0.39, 0.29) is 5.91 Å². The molecule has 0 spiro atoms. The van der Waals surface area contributed by atoms with Gasteiger partial charge in [-0.2, -0.15) is 0 Å². The van der Waals surface area contributed by atoms with Crippen LogP contribution < -0.4 is 11.1 Å². The molecular formula is C12H25N3O. The molecule has 4 nitrogen and oxygen atoms in total. The Balaban J connectivity index is 2.26. The van der Waals surface area contributed by atoms with E-state index in [1.807, 2.05) is 7.05 Å². The summed E-state index contributed by atoms with van der Waals surface area (Å²) in [6.45, 7) is 6.06. The van der Waals surface area contributed by atoms with Crippen molar-refractivity contribution in [1.82, 2.24) is 10.2 Å². The van der Waals surface area contributed by atoms with Gasteiger partial charge in [-0.3, -0.25) is 9.69 Å². The summed E-state index contributed by atoms with van der Waals surface area (Å²) >= 11 is 0. The van der Waals surface area contributed by atoms with Gasteiger partial charge in [0.15, 0.2) is 0 Å². The zero-order valence-electron chi connectivity index (χ0n) is 10.7. The predicted octanol–water partition coefficient (Wildman–Crippen LogP) is 0.428. The molecule has 0 aromatic heterocycles. The molecule has 16 heavy (non-hydrogen) atoms. The summed E-state index contributed by atoms with van der Waals surface area (Å²) in [4.78, 5) is 13.7. The van der Waals surface area contributed by atoms with Gasteiger partial charge in [0.05, 0.1) is 6.54 Å². The van der Waals surface area contributed by atoms with E-state index in [1.54, 1.807) is 0 Å². The van der Waals surface area contributed by atoms with Gasteiger partial charge in [0.25, 0.3) is 0 Å². The molecule has 1 rings (SSSR count). The van der Waals surface area contributed by atoms with Crippen molar-refractivity contribution in [3.63, 3.8) is 0 Å². The highest BCUT2D eigenvalue weighted by Gasteiger charge is 2.33. The molecule has 3 N–H and O–H groups in total. The lowest BCUT2D eigenvalue weighted by molar-refractivity contribution is -0.122. The Morgan fingerprint density at radius 3 is 2.56 bits per heavy atom. The molecule has 1 amide bonds. The van der Waals surface area contributed by atoms with Gasteiger partial charge < -0.3 is 11.1 Å². The molecule has 1 saturated carbocycles. The maximum atomic E-state index is 11.6. The van der Waals surface area contributed by atoms with Crippen LogP contribution in [0.4, 0.5) is 0 Å². The van der Waals surface area contributed by atoms with Crippen LogP contribution in [0, 0.1) is 11.8 Å². The average molecular weight is 227 g/mol. The molecule has 1 atom stereocenters. The van der Waals surface area contributed by atoms with Crippen LogP contribution in [0.2, 0.25) is 0 Å². The summed E-state index contributed by atoms with van der Waals surface area (Å²) in [5, 5.41) is 2.93. The van der Waals surface area contributed by atoms with Crippen molar-refractivity contribution in [3.8, 4) is 0 Å². The molecule has 0 saturated heterocycles. The fourth-order valence-corrected chi connectivity index (χ4v) is 1.93. The lowest BCUT2D eigenvalue weighted by atomic mass is 10.1. The molecule has 4 heteroatoms. The Bertz CT molecular complexity index is 226. The third-order valence-electron chi connectivity index (χ3n) is 3.07. The summed E-state index contributed by atoms with van der Waals surface area (Å²) in [5.41, 5.74) is 5.74. The molecule has 0 heterocycles. The van der Waals surface area contributed by atoms with E-state index in [4.69, 9.17) is 5.73 Å². The van der Waals surface area contributed by atoms with E-state index >= 15 is 0 Å². The number of carbonyl (C=O) groups excluding carboxylic acids is 1. The van der Waals surface area contributed by atoms with Crippen molar-refractivity contribution in [2.24, 2.45) is 17.6 Å². The summed E-state index contributed by atoms with van der Waals surface area (Å²) in [7, 11) is 1.99. The van der Waals surface area contributed by atoms with E-state index in [2.05, 4.69) is 24.1 Å².